The Hall–Kier alpha value is -2.75. The SMILES string of the molecule is CC1CN(Cc2ccc(-n3ccc(NC(=O)N4CCNCC4)nc3=O)cc2)CCC1N. The van der Waals surface area contributed by atoms with Crippen LogP contribution in [0.4, 0.5) is 10.6 Å². The number of aromatic nitrogens is 2. The van der Waals surface area contributed by atoms with Crippen molar-refractivity contribution >= 4 is 11.8 Å². The number of piperidine rings is 1. The molecule has 0 spiro atoms. The molecule has 9 nitrogen and oxygen atoms in total. The van der Waals surface area contributed by atoms with Gasteiger partial charge in [-0.1, -0.05) is 19.1 Å². The van der Waals surface area contributed by atoms with E-state index in [0.717, 1.165) is 44.8 Å². The Bertz CT molecular complexity index is 953. The Morgan fingerprint density at radius 1 is 1.19 bits per heavy atom. The third kappa shape index (κ3) is 5.30. The molecule has 0 aliphatic carbocycles. The van der Waals surface area contributed by atoms with E-state index in [4.69, 9.17) is 5.73 Å². The number of amides is 2. The van der Waals surface area contributed by atoms with Crippen LogP contribution in [0.15, 0.2) is 41.3 Å². The molecular weight excluding hydrogens is 394 g/mol. The summed E-state index contributed by atoms with van der Waals surface area (Å²) in [5.41, 5.74) is 7.64. The van der Waals surface area contributed by atoms with Crippen molar-refractivity contribution in [3.8, 4) is 5.69 Å². The van der Waals surface area contributed by atoms with Crippen molar-refractivity contribution in [1.82, 2.24) is 24.7 Å². The molecular formula is C22H31N7O2. The summed E-state index contributed by atoms with van der Waals surface area (Å²) in [7, 11) is 0. The van der Waals surface area contributed by atoms with Crippen LogP contribution in [0, 0.1) is 5.92 Å². The van der Waals surface area contributed by atoms with Crippen molar-refractivity contribution in [1.29, 1.82) is 0 Å². The Balaban J connectivity index is 1.39. The molecule has 0 radical (unpaired) electrons. The lowest BCUT2D eigenvalue weighted by Gasteiger charge is -2.35. The van der Waals surface area contributed by atoms with Gasteiger partial charge in [-0.05, 0) is 42.6 Å². The van der Waals surface area contributed by atoms with Crippen LogP contribution in [0.1, 0.15) is 18.9 Å². The first-order valence-corrected chi connectivity index (χ1v) is 10.9. The largest absolute Gasteiger partial charge is 0.354 e. The number of carbonyl (C=O) groups is 1. The topological polar surface area (TPSA) is 109 Å². The van der Waals surface area contributed by atoms with Gasteiger partial charge in [0.15, 0.2) is 0 Å². The van der Waals surface area contributed by atoms with Gasteiger partial charge in [-0.15, -0.1) is 0 Å². The number of nitrogens with zero attached hydrogens (tertiary/aromatic N) is 4. The number of carbonyl (C=O) groups excluding carboxylic acids is 1. The molecule has 166 valence electrons. The number of piperazine rings is 1. The lowest BCUT2D eigenvalue weighted by Crippen LogP contribution is -2.48. The zero-order valence-electron chi connectivity index (χ0n) is 18.0. The highest BCUT2D eigenvalue weighted by molar-refractivity contribution is 5.88. The van der Waals surface area contributed by atoms with E-state index >= 15 is 0 Å². The minimum Gasteiger partial charge on any atom is -0.327 e. The highest BCUT2D eigenvalue weighted by Crippen LogP contribution is 2.18. The first-order valence-electron chi connectivity index (χ1n) is 10.9. The smallest absolute Gasteiger partial charge is 0.327 e. The molecule has 4 rings (SSSR count). The third-order valence-corrected chi connectivity index (χ3v) is 6.12. The third-order valence-electron chi connectivity index (χ3n) is 6.12. The predicted octanol–water partition coefficient (Wildman–Crippen LogP) is 0.839. The first-order chi connectivity index (χ1) is 15.0. The molecule has 2 fully saturated rings. The Morgan fingerprint density at radius 2 is 1.94 bits per heavy atom. The van der Waals surface area contributed by atoms with Crippen molar-refractivity contribution in [2.24, 2.45) is 11.7 Å². The second kappa shape index (κ2) is 9.59. The zero-order valence-corrected chi connectivity index (χ0v) is 18.0. The van der Waals surface area contributed by atoms with Gasteiger partial charge in [-0.3, -0.25) is 14.8 Å². The zero-order chi connectivity index (χ0) is 21.8. The van der Waals surface area contributed by atoms with E-state index in [1.807, 2.05) is 24.3 Å². The molecule has 2 aliphatic rings. The number of benzene rings is 1. The van der Waals surface area contributed by atoms with Gasteiger partial charge in [-0.2, -0.15) is 4.98 Å². The lowest BCUT2D eigenvalue weighted by atomic mass is 9.94. The van der Waals surface area contributed by atoms with Gasteiger partial charge in [0, 0.05) is 51.5 Å². The van der Waals surface area contributed by atoms with Crippen LogP contribution in [0.5, 0.6) is 0 Å². The fraction of sp³-hybridized carbons (Fsp3) is 0.500. The van der Waals surface area contributed by atoms with Crippen LogP contribution in [-0.4, -0.2) is 70.7 Å². The number of nitrogens with two attached hydrogens (primary N) is 1. The molecule has 1 aromatic carbocycles. The average Bonchev–Trinajstić information content (AvgIpc) is 2.78. The van der Waals surface area contributed by atoms with E-state index in [0.29, 0.717) is 25.0 Å². The van der Waals surface area contributed by atoms with Gasteiger partial charge in [0.2, 0.25) is 0 Å². The molecule has 2 amide bonds. The Morgan fingerprint density at radius 3 is 2.61 bits per heavy atom. The molecule has 3 heterocycles. The second-order valence-corrected chi connectivity index (χ2v) is 8.46. The van der Waals surface area contributed by atoms with Crippen LogP contribution in [0.25, 0.3) is 5.69 Å². The number of hydrogen-bond donors (Lipinski definition) is 3. The highest BCUT2D eigenvalue weighted by atomic mass is 16.2. The minimum atomic E-state index is -0.426. The van der Waals surface area contributed by atoms with E-state index < -0.39 is 5.69 Å². The normalized spacial score (nSPS) is 22.3. The van der Waals surface area contributed by atoms with Crippen LogP contribution in [0.2, 0.25) is 0 Å². The van der Waals surface area contributed by atoms with Gasteiger partial charge in [0.05, 0.1) is 5.69 Å². The lowest BCUT2D eigenvalue weighted by molar-refractivity contribution is 0.158. The van der Waals surface area contributed by atoms with Gasteiger partial charge in [-0.25, -0.2) is 9.59 Å². The van der Waals surface area contributed by atoms with E-state index in [1.54, 1.807) is 17.2 Å². The van der Waals surface area contributed by atoms with Crippen LogP contribution < -0.4 is 22.1 Å². The van der Waals surface area contributed by atoms with Gasteiger partial charge in [0.1, 0.15) is 5.82 Å². The van der Waals surface area contributed by atoms with Crippen LogP contribution >= 0.6 is 0 Å². The van der Waals surface area contributed by atoms with E-state index in [9.17, 15) is 9.59 Å². The standard InChI is InChI=1S/C22H31N7O2/c1-16-14-27(10-6-19(16)23)15-17-2-4-18(5-3-17)29-11-7-20(26-22(29)31)25-21(30)28-12-8-24-9-13-28/h2-5,7,11,16,19,24H,6,8-10,12-15,23H2,1H3,(H,25,26,30,31). The van der Waals surface area contributed by atoms with E-state index in [-0.39, 0.29) is 11.8 Å². The fourth-order valence-corrected chi connectivity index (χ4v) is 4.14. The van der Waals surface area contributed by atoms with Gasteiger partial charge in [0.25, 0.3) is 0 Å². The van der Waals surface area contributed by atoms with Gasteiger partial charge >= 0.3 is 11.7 Å². The molecule has 4 N–H and O–H groups in total. The first kappa shape index (κ1) is 21.5. The molecule has 31 heavy (non-hydrogen) atoms. The summed E-state index contributed by atoms with van der Waals surface area (Å²) in [5, 5.41) is 5.91. The van der Waals surface area contributed by atoms with Crippen LogP contribution in [-0.2, 0) is 6.54 Å². The maximum absolute atomic E-state index is 12.5. The summed E-state index contributed by atoms with van der Waals surface area (Å²) in [4.78, 5) is 33.0. The number of nitrogens with one attached hydrogen (secondary N) is 2. The molecule has 2 atom stereocenters. The summed E-state index contributed by atoms with van der Waals surface area (Å²) < 4.78 is 1.48. The summed E-state index contributed by atoms with van der Waals surface area (Å²) >= 11 is 0. The summed E-state index contributed by atoms with van der Waals surface area (Å²) in [6, 6.07) is 9.65. The van der Waals surface area contributed by atoms with Gasteiger partial charge < -0.3 is 16.0 Å². The summed E-state index contributed by atoms with van der Waals surface area (Å²) in [5.74, 6) is 0.766. The maximum atomic E-state index is 12.5. The van der Waals surface area contributed by atoms with E-state index in [2.05, 4.69) is 27.4 Å². The summed E-state index contributed by atoms with van der Waals surface area (Å²) in [6.07, 6.45) is 2.67. The molecule has 2 unspecified atom stereocenters. The van der Waals surface area contributed by atoms with Crippen molar-refractivity contribution in [3.05, 3.63) is 52.6 Å². The molecule has 9 heteroatoms. The molecule has 2 saturated heterocycles. The van der Waals surface area contributed by atoms with E-state index in [1.165, 1.54) is 10.1 Å². The summed E-state index contributed by atoms with van der Waals surface area (Å²) in [6.45, 7) is 7.91. The molecule has 2 aromatic rings. The van der Waals surface area contributed by atoms with Crippen molar-refractivity contribution in [2.75, 3.05) is 44.6 Å². The fourth-order valence-electron chi connectivity index (χ4n) is 4.14. The van der Waals surface area contributed by atoms with Crippen LogP contribution in [0.3, 0.4) is 0 Å². The number of hydrogen-bond acceptors (Lipinski definition) is 6. The molecule has 1 aromatic heterocycles. The van der Waals surface area contributed by atoms with Crippen molar-refractivity contribution < 1.29 is 4.79 Å². The number of anilines is 1. The second-order valence-electron chi connectivity index (χ2n) is 8.46. The molecule has 0 bridgehead atoms. The minimum absolute atomic E-state index is 0.233. The molecule has 0 saturated carbocycles. The Kier molecular flexibility index (Phi) is 6.64. The quantitative estimate of drug-likeness (QED) is 0.670. The highest BCUT2D eigenvalue weighted by Gasteiger charge is 2.23. The Labute approximate surface area is 182 Å². The van der Waals surface area contributed by atoms with Crippen molar-refractivity contribution in [2.45, 2.75) is 25.9 Å². The van der Waals surface area contributed by atoms with Crippen molar-refractivity contribution in [3.63, 3.8) is 0 Å². The predicted molar refractivity (Wildman–Crippen MR) is 120 cm³/mol. The maximum Gasteiger partial charge on any atom is 0.354 e. The monoisotopic (exact) mass is 425 g/mol. The molecule has 2 aliphatic heterocycles. The number of rotatable bonds is 4. The average molecular weight is 426 g/mol. The number of likely N-dealkylation sites (tertiary alicyclic amines) is 1. The number of urea groups is 1.